The molecule has 2 aromatic carbocycles. The first-order chi connectivity index (χ1) is 12.0. The van der Waals surface area contributed by atoms with Gasteiger partial charge in [-0.3, -0.25) is 9.59 Å². The fourth-order valence-corrected chi connectivity index (χ4v) is 2.44. The summed E-state index contributed by atoms with van der Waals surface area (Å²) in [6.45, 7) is -0.0458. The summed E-state index contributed by atoms with van der Waals surface area (Å²) in [5.41, 5.74) is 0.635. The fraction of sp³-hybridized carbons (Fsp3) is 0.222. The summed E-state index contributed by atoms with van der Waals surface area (Å²) in [5.74, 6) is -0.947. The van der Waals surface area contributed by atoms with Crippen molar-refractivity contribution in [3.63, 3.8) is 0 Å². The number of anilines is 1. The number of benzene rings is 2. The molecule has 0 bridgehead atoms. The van der Waals surface area contributed by atoms with E-state index in [1.807, 2.05) is 12.1 Å². The summed E-state index contributed by atoms with van der Waals surface area (Å²) in [4.78, 5) is 25.4. The van der Waals surface area contributed by atoms with Crippen LogP contribution in [0.25, 0.3) is 0 Å². The lowest BCUT2D eigenvalue weighted by atomic mass is 10.3. The number of para-hydroxylation sites is 2. The molecule has 0 unspecified atom stereocenters. The van der Waals surface area contributed by atoms with Crippen molar-refractivity contribution < 1.29 is 18.7 Å². The smallest absolute Gasteiger partial charge is 0.244 e. The van der Waals surface area contributed by atoms with Gasteiger partial charge >= 0.3 is 0 Å². The normalized spacial score (nSPS) is 10.2. The SMILES string of the molecule is CN(CC(=O)Nc1ccccc1Br)C(=O)CCOc1ccccc1F. The molecule has 0 aliphatic rings. The zero-order chi connectivity index (χ0) is 18.2. The van der Waals surface area contributed by atoms with Crippen molar-refractivity contribution in [2.75, 3.05) is 25.5 Å². The van der Waals surface area contributed by atoms with Crippen molar-refractivity contribution in [3.8, 4) is 5.75 Å². The molecule has 7 heteroatoms. The van der Waals surface area contributed by atoms with Gasteiger partial charge in [0, 0.05) is 11.5 Å². The minimum Gasteiger partial charge on any atom is -0.490 e. The van der Waals surface area contributed by atoms with Crippen LogP contribution in [0.4, 0.5) is 10.1 Å². The van der Waals surface area contributed by atoms with Crippen molar-refractivity contribution in [2.45, 2.75) is 6.42 Å². The minimum absolute atomic E-state index is 0.0377. The van der Waals surface area contributed by atoms with Crippen LogP contribution in [0.5, 0.6) is 5.75 Å². The molecule has 0 saturated carbocycles. The highest BCUT2D eigenvalue weighted by Crippen LogP contribution is 2.21. The second kappa shape index (κ2) is 9.17. The van der Waals surface area contributed by atoms with Crippen molar-refractivity contribution in [1.29, 1.82) is 0 Å². The van der Waals surface area contributed by atoms with E-state index in [-0.39, 0.29) is 37.1 Å². The third-order valence-electron chi connectivity index (χ3n) is 3.36. The van der Waals surface area contributed by atoms with E-state index >= 15 is 0 Å². The third-order valence-corrected chi connectivity index (χ3v) is 4.06. The summed E-state index contributed by atoms with van der Waals surface area (Å²) in [5, 5.41) is 2.72. The van der Waals surface area contributed by atoms with Crippen LogP contribution in [0.15, 0.2) is 53.0 Å². The monoisotopic (exact) mass is 408 g/mol. The lowest BCUT2D eigenvalue weighted by Crippen LogP contribution is -2.35. The third kappa shape index (κ3) is 5.86. The molecule has 0 radical (unpaired) electrons. The standard InChI is InChI=1S/C18H18BrFN2O3/c1-22(12-17(23)21-15-8-4-2-6-13(15)19)18(24)10-11-25-16-9-5-3-7-14(16)20/h2-9H,10-12H2,1H3,(H,21,23). The first kappa shape index (κ1) is 18.9. The number of amides is 2. The van der Waals surface area contributed by atoms with Crippen molar-refractivity contribution >= 4 is 33.4 Å². The number of halogens is 2. The van der Waals surface area contributed by atoms with Crippen LogP contribution in [-0.4, -0.2) is 36.9 Å². The van der Waals surface area contributed by atoms with E-state index in [0.29, 0.717) is 5.69 Å². The lowest BCUT2D eigenvalue weighted by Gasteiger charge is -2.17. The van der Waals surface area contributed by atoms with E-state index in [0.717, 1.165) is 4.47 Å². The summed E-state index contributed by atoms with van der Waals surface area (Å²) in [6, 6.07) is 13.2. The molecule has 5 nitrogen and oxygen atoms in total. The molecule has 0 aromatic heterocycles. The van der Waals surface area contributed by atoms with Gasteiger partial charge < -0.3 is 15.0 Å². The Bertz CT molecular complexity index is 755. The van der Waals surface area contributed by atoms with E-state index in [1.165, 1.54) is 24.1 Å². The molecule has 0 atom stereocenters. The number of hydrogen-bond donors (Lipinski definition) is 1. The highest BCUT2D eigenvalue weighted by molar-refractivity contribution is 9.10. The average molecular weight is 409 g/mol. The molecule has 2 amide bonds. The molecular weight excluding hydrogens is 391 g/mol. The Balaban J connectivity index is 1.77. The second-order valence-electron chi connectivity index (χ2n) is 5.31. The minimum atomic E-state index is -0.476. The number of nitrogens with zero attached hydrogens (tertiary/aromatic N) is 1. The van der Waals surface area contributed by atoms with Gasteiger partial charge in [0.1, 0.15) is 0 Å². The van der Waals surface area contributed by atoms with Crippen molar-refractivity contribution in [1.82, 2.24) is 4.90 Å². The predicted molar refractivity (Wildman–Crippen MR) is 96.9 cm³/mol. The average Bonchev–Trinajstić information content (AvgIpc) is 2.58. The number of rotatable bonds is 7. The summed E-state index contributed by atoms with van der Waals surface area (Å²) >= 11 is 3.34. The van der Waals surface area contributed by atoms with Crippen molar-refractivity contribution in [3.05, 3.63) is 58.8 Å². The van der Waals surface area contributed by atoms with Gasteiger partial charge in [-0.05, 0) is 40.2 Å². The van der Waals surface area contributed by atoms with Crippen LogP contribution < -0.4 is 10.1 Å². The molecule has 0 spiro atoms. The molecule has 25 heavy (non-hydrogen) atoms. The van der Waals surface area contributed by atoms with Gasteiger partial charge in [0.25, 0.3) is 0 Å². The topological polar surface area (TPSA) is 58.6 Å². The van der Waals surface area contributed by atoms with Crippen LogP contribution in [0, 0.1) is 5.82 Å². The maximum Gasteiger partial charge on any atom is 0.244 e. The predicted octanol–water partition coefficient (Wildman–Crippen LogP) is 3.45. The molecule has 2 rings (SSSR count). The van der Waals surface area contributed by atoms with Gasteiger partial charge in [-0.15, -0.1) is 0 Å². The zero-order valence-corrected chi connectivity index (χ0v) is 15.3. The maximum atomic E-state index is 13.4. The van der Waals surface area contributed by atoms with Crippen molar-refractivity contribution in [2.24, 2.45) is 0 Å². The molecule has 0 aliphatic heterocycles. The molecule has 2 aromatic rings. The Morgan fingerprint density at radius 1 is 1.16 bits per heavy atom. The molecule has 0 heterocycles. The van der Waals surface area contributed by atoms with Gasteiger partial charge in [0.15, 0.2) is 11.6 Å². The molecule has 0 fully saturated rings. The Kier molecular flexibility index (Phi) is 6.94. The summed E-state index contributed by atoms with van der Waals surface area (Å²) in [6.07, 6.45) is 0.0488. The van der Waals surface area contributed by atoms with Gasteiger partial charge in [-0.2, -0.15) is 0 Å². The van der Waals surface area contributed by atoms with Gasteiger partial charge in [-0.25, -0.2) is 4.39 Å². The van der Waals surface area contributed by atoms with Crippen LogP contribution >= 0.6 is 15.9 Å². The number of nitrogens with one attached hydrogen (secondary N) is 1. The maximum absolute atomic E-state index is 13.4. The molecular formula is C18H18BrFN2O3. The second-order valence-corrected chi connectivity index (χ2v) is 6.16. The Morgan fingerprint density at radius 2 is 1.84 bits per heavy atom. The molecule has 1 N–H and O–H groups in total. The fourth-order valence-electron chi connectivity index (χ4n) is 2.06. The Morgan fingerprint density at radius 3 is 2.56 bits per heavy atom. The van der Waals surface area contributed by atoms with E-state index < -0.39 is 5.82 Å². The van der Waals surface area contributed by atoms with Crippen LogP contribution in [-0.2, 0) is 9.59 Å². The molecule has 0 saturated heterocycles. The highest BCUT2D eigenvalue weighted by Gasteiger charge is 2.14. The number of carbonyl (C=O) groups excluding carboxylic acids is 2. The number of hydrogen-bond acceptors (Lipinski definition) is 3. The molecule has 0 aliphatic carbocycles. The van der Waals surface area contributed by atoms with Crippen LogP contribution in [0.1, 0.15) is 6.42 Å². The molecule has 132 valence electrons. The lowest BCUT2D eigenvalue weighted by molar-refractivity contribution is -0.133. The van der Waals surface area contributed by atoms with Gasteiger partial charge in [-0.1, -0.05) is 24.3 Å². The Labute approximate surface area is 153 Å². The Hall–Kier alpha value is -2.41. The largest absolute Gasteiger partial charge is 0.490 e. The van der Waals surface area contributed by atoms with Crippen LogP contribution in [0.3, 0.4) is 0 Å². The first-order valence-corrected chi connectivity index (χ1v) is 8.42. The van der Waals surface area contributed by atoms with Crippen LogP contribution in [0.2, 0.25) is 0 Å². The number of carbonyl (C=O) groups is 2. The van der Waals surface area contributed by atoms with E-state index in [2.05, 4.69) is 21.2 Å². The summed E-state index contributed by atoms with van der Waals surface area (Å²) in [7, 11) is 1.53. The highest BCUT2D eigenvalue weighted by atomic mass is 79.9. The van der Waals surface area contributed by atoms with Gasteiger partial charge in [0.05, 0.1) is 25.3 Å². The van der Waals surface area contributed by atoms with E-state index in [1.54, 1.807) is 24.3 Å². The first-order valence-electron chi connectivity index (χ1n) is 7.63. The zero-order valence-electron chi connectivity index (χ0n) is 13.7. The quantitative estimate of drug-likeness (QED) is 0.762. The van der Waals surface area contributed by atoms with E-state index in [9.17, 15) is 14.0 Å². The van der Waals surface area contributed by atoms with E-state index in [4.69, 9.17) is 4.74 Å². The number of likely N-dealkylation sites (N-methyl/N-ethyl adjacent to an activating group) is 1. The van der Waals surface area contributed by atoms with Gasteiger partial charge in [0.2, 0.25) is 11.8 Å². The number of ether oxygens (including phenoxy) is 1. The summed E-state index contributed by atoms with van der Waals surface area (Å²) < 4.78 is 19.4.